The zero-order valence-corrected chi connectivity index (χ0v) is 10.00. The maximum Gasteiger partial charge on any atom is 0.272 e. The van der Waals surface area contributed by atoms with Crippen molar-refractivity contribution in [1.82, 2.24) is 19.9 Å². The van der Waals surface area contributed by atoms with Gasteiger partial charge in [0.1, 0.15) is 5.02 Å². The second kappa shape index (κ2) is 4.16. The standard InChI is InChI=1S/C11H13ClN4O/c12-9-6-14-16-10(17)4-8(15-11(9)16)3-7-1-2-13-5-7/h4,6-7,13-14H,1-3,5H2. The van der Waals surface area contributed by atoms with Crippen LogP contribution in [0.4, 0.5) is 0 Å². The van der Waals surface area contributed by atoms with Gasteiger partial charge in [-0.3, -0.25) is 9.89 Å². The van der Waals surface area contributed by atoms with Crippen LogP contribution in [-0.4, -0.2) is 27.7 Å². The van der Waals surface area contributed by atoms with Crippen LogP contribution in [0.1, 0.15) is 12.1 Å². The number of halogens is 1. The molecule has 6 heteroatoms. The molecule has 0 bridgehead atoms. The van der Waals surface area contributed by atoms with Crippen molar-refractivity contribution in [2.24, 2.45) is 5.92 Å². The number of rotatable bonds is 2. The molecule has 2 N–H and O–H groups in total. The third-order valence-electron chi connectivity index (χ3n) is 3.17. The molecule has 0 spiro atoms. The van der Waals surface area contributed by atoms with E-state index in [0.29, 0.717) is 16.6 Å². The lowest BCUT2D eigenvalue weighted by molar-refractivity contribution is 0.571. The predicted octanol–water partition coefficient (Wildman–Crippen LogP) is 0.828. The van der Waals surface area contributed by atoms with E-state index < -0.39 is 0 Å². The Morgan fingerprint density at radius 3 is 3.24 bits per heavy atom. The zero-order valence-electron chi connectivity index (χ0n) is 9.24. The Morgan fingerprint density at radius 2 is 2.47 bits per heavy atom. The molecule has 0 radical (unpaired) electrons. The first-order valence-corrected chi connectivity index (χ1v) is 6.08. The van der Waals surface area contributed by atoms with E-state index in [1.165, 1.54) is 4.52 Å². The highest BCUT2D eigenvalue weighted by molar-refractivity contribution is 6.33. The lowest BCUT2D eigenvalue weighted by Crippen LogP contribution is -2.18. The molecule has 5 nitrogen and oxygen atoms in total. The summed E-state index contributed by atoms with van der Waals surface area (Å²) in [7, 11) is 0. The third-order valence-corrected chi connectivity index (χ3v) is 3.44. The number of aromatic amines is 1. The zero-order chi connectivity index (χ0) is 11.8. The molecule has 0 amide bonds. The topological polar surface area (TPSA) is 62.2 Å². The molecule has 0 saturated carbocycles. The molecule has 1 atom stereocenters. The molecule has 3 rings (SSSR count). The van der Waals surface area contributed by atoms with Crippen LogP contribution >= 0.6 is 11.6 Å². The van der Waals surface area contributed by atoms with E-state index in [1.54, 1.807) is 12.3 Å². The highest BCUT2D eigenvalue weighted by Crippen LogP contribution is 2.16. The first-order chi connectivity index (χ1) is 8.24. The summed E-state index contributed by atoms with van der Waals surface area (Å²) in [5.74, 6) is 0.571. The summed E-state index contributed by atoms with van der Waals surface area (Å²) in [6.07, 6.45) is 3.55. The quantitative estimate of drug-likeness (QED) is 0.832. The molecule has 17 heavy (non-hydrogen) atoms. The van der Waals surface area contributed by atoms with Crippen LogP contribution in [0, 0.1) is 5.92 Å². The third kappa shape index (κ3) is 1.96. The van der Waals surface area contributed by atoms with Crippen molar-refractivity contribution in [1.29, 1.82) is 0 Å². The predicted molar refractivity (Wildman–Crippen MR) is 65.5 cm³/mol. The molecule has 1 fully saturated rings. The van der Waals surface area contributed by atoms with E-state index in [-0.39, 0.29) is 5.56 Å². The van der Waals surface area contributed by atoms with Crippen LogP contribution in [0.3, 0.4) is 0 Å². The van der Waals surface area contributed by atoms with Crippen molar-refractivity contribution in [2.75, 3.05) is 13.1 Å². The van der Waals surface area contributed by atoms with Crippen LogP contribution in [0.2, 0.25) is 5.02 Å². The number of hydrogen-bond acceptors (Lipinski definition) is 3. The van der Waals surface area contributed by atoms with Crippen molar-refractivity contribution in [3.05, 3.63) is 33.3 Å². The number of H-pyrrole nitrogens is 1. The number of fused-ring (bicyclic) bond motifs is 1. The van der Waals surface area contributed by atoms with Gasteiger partial charge >= 0.3 is 0 Å². The van der Waals surface area contributed by atoms with E-state index in [1.807, 2.05) is 0 Å². The summed E-state index contributed by atoms with van der Waals surface area (Å²) >= 11 is 5.97. The van der Waals surface area contributed by atoms with Gasteiger partial charge in [0.15, 0.2) is 5.65 Å². The smallest absolute Gasteiger partial charge is 0.272 e. The summed E-state index contributed by atoms with van der Waals surface area (Å²) in [6.45, 7) is 2.05. The van der Waals surface area contributed by atoms with E-state index in [2.05, 4.69) is 15.4 Å². The minimum atomic E-state index is -0.108. The minimum absolute atomic E-state index is 0.108. The van der Waals surface area contributed by atoms with E-state index in [4.69, 9.17) is 11.6 Å². The van der Waals surface area contributed by atoms with Crippen LogP contribution in [-0.2, 0) is 6.42 Å². The van der Waals surface area contributed by atoms with Crippen molar-refractivity contribution in [3.63, 3.8) is 0 Å². The van der Waals surface area contributed by atoms with Gasteiger partial charge in [0.05, 0.1) is 0 Å². The molecule has 0 aliphatic carbocycles. The van der Waals surface area contributed by atoms with Crippen molar-refractivity contribution in [3.8, 4) is 0 Å². The van der Waals surface area contributed by atoms with Gasteiger partial charge in [-0.1, -0.05) is 11.6 Å². The Hall–Kier alpha value is -1.33. The van der Waals surface area contributed by atoms with Gasteiger partial charge in [-0.25, -0.2) is 9.50 Å². The first-order valence-electron chi connectivity index (χ1n) is 5.70. The Bertz CT molecular complexity index is 597. The number of nitrogens with zero attached hydrogens (tertiary/aromatic N) is 2. The molecule has 2 aromatic rings. The average molecular weight is 253 g/mol. The number of nitrogens with one attached hydrogen (secondary N) is 2. The summed E-state index contributed by atoms with van der Waals surface area (Å²) < 4.78 is 1.36. The highest BCUT2D eigenvalue weighted by atomic mass is 35.5. The summed E-state index contributed by atoms with van der Waals surface area (Å²) in [5, 5.41) is 6.56. The van der Waals surface area contributed by atoms with Crippen molar-refractivity contribution in [2.45, 2.75) is 12.8 Å². The molecule has 2 aromatic heterocycles. The lowest BCUT2D eigenvalue weighted by atomic mass is 10.0. The monoisotopic (exact) mass is 252 g/mol. The Balaban J connectivity index is 1.99. The van der Waals surface area contributed by atoms with Crippen LogP contribution in [0.25, 0.3) is 5.65 Å². The summed E-state index contributed by atoms with van der Waals surface area (Å²) in [4.78, 5) is 16.2. The van der Waals surface area contributed by atoms with Gasteiger partial charge in [-0.15, -0.1) is 0 Å². The average Bonchev–Trinajstić information content (AvgIpc) is 2.90. The van der Waals surface area contributed by atoms with Gasteiger partial charge in [0, 0.05) is 18.0 Å². The Labute approximate surface area is 103 Å². The summed E-state index contributed by atoms with van der Waals surface area (Å²) in [5.41, 5.74) is 1.23. The van der Waals surface area contributed by atoms with E-state index >= 15 is 0 Å². The van der Waals surface area contributed by atoms with Crippen LogP contribution in [0.15, 0.2) is 17.1 Å². The molecule has 90 valence electrons. The van der Waals surface area contributed by atoms with Gasteiger partial charge in [0.25, 0.3) is 5.56 Å². The molecular weight excluding hydrogens is 240 g/mol. The van der Waals surface area contributed by atoms with Gasteiger partial charge in [-0.2, -0.15) is 0 Å². The maximum atomic E-state index is 11.8. The minimum Gasteiger partial charge on any atom is -0.316 e. The molecule has 0 aromatic carbocycles. The van der Waals surface area contributed by atoms with Crippen molar-refractivity contribution < 1.29 is 0 Å². The fraction of sp³-hybridized carbons (Fsp3) is 0.455. The lowest BCUT2D eigenvalue weighted by Gasteiger charge is -2.07. The molecular formula is C11H13ClN4O. The summed E-state index contributed by atoms with van der Waals surface area (Å²) in [6, 6.07) is 1.58. The number of aromatic nitrogens is 3. The molecule has 1 saturated heterocycles. The van der Waals surface area contributed by atoms with Crippen LogP contribution in [0.5, 0.6) is 0 Å². The first kappa shape index (κ1) is 10.8. The second-order valence-corrected chi connectivity index (χ2v) is 4.84. The number of hydrogen-bond donors (Lipinski definition) is 2. The Kier molecular flexibility index (Phi) is 2.64. The van der Waals surface area contributed by atoms with Gasteiger partial charge in [-0.05, 0) is 31.8 Å². The Morgan fingerprint density at radius 1 is 1.59 bits per heavy atom. The molecule has 1 unspecified atom stereocenters. The second-order valence-electron chi connectivity index (χ2n) is 4.43. The largest absolute Gasteiger partial charge is 0.316 e. The van der Waals surface area contributed by atoms with E-state index in [9.17, 15) is 4.79 Å². The fourth-order valence-electron chi connectivity index (χ4n) is 2.29. The maximum absolute atomic E-state index is 11.8. The normalized spacial score (nSPS) is 20.2. The molecule has 1 aliphatic heterocycles. The van der Waals surface area contributed by atoms with Crippen molar-refractivity contribution >= 4 is 17.2 Å². The van der Waals surface area contributed by atoms with Gasteiger partial charge < -0.3 is 5.32 Å². The van der Waals surface area contributed by atoms with Gasteiger partial charge in [0.2, 0.25) is 0 Å². The molecule has 1 aliphatic rings. The van der Waals surface area contributed by atoms with Crippen LogP contribution < -0.4 is 10.9 Å². The van der Waals surface area contributed by atoms with E-state index in [0.717, 1.165) is 31.6 Å². The molecule has 3 heterocycles. The highest BCUT2D eigenvalue weighted by Gasteiger charge is 2.17. The fourth-order valence-corrected chi connectivity index (χ4v) is 2.47. The SMILES string of the molecule is O=c1cc(CC2CCNC2)nc2c(Cl)c[nH]n12.